The Balaban J connectivity index is 2.95. The van der Waals surface area contributed by atoms with E-state index in [1.807, 2.05) is 33.9 Å². The second kappa shape index (κ2) is 7.38. The molecule has 6 heteroatoms. The monoisotopic (exact) mass is 304 g/mol. The van der Waals surface area contributed by atoms with Crippen LogP contribution < -0.4 is 5.32 Å². The molecule has 0 spiro atoms. The summed E-state index contributed by atoms with van der Waals surface area (Å²) in [5.41, 5.74) is 0. The predicted molar refractivity (Wildman–Crippen MR) is 81.3 cm³/mol. The van der Waals surface area contributed by atoms with E-state index in [9.17, 15) is 8.42 Å². The number of nitrogens with zero attached hydrogens (tertiary/aromatic N) is 1. The molecule has 0 bridgehead atoms. The zero-order valence-corrected chi connectivity index (χ0v) is 13.8. The largest absolute Gasteiger partial charge is 0.319 e. The summed E-state index contributed by atoms with van der Waals surface area (Å²) in [6, 6.07) is 3.64. The fraction of sp³-hybridized carbons (Fsp3) is 0.692. The maximum absolute atomic E-state index is 12.6. The van der Waals surface area contributed by atoms with E-state index in [0.29, 0.717) is 10.8 Å². The first-order valence-electron chi connectivity index (χ1n) is 6.68. The van der Waals surface area contributed by atoms with Crippen molar-refractivity contribution in [2.24, 2.45) is 0 Å². The lowest BCUT2D eigenvalue weighted by Gasteiger charge is -2.24. The van der Waals surface area contributed by atoms with Crippen LogP contribution in [0.25, 0.3) is 0 Å². The number of nitrogens with one attached hydrogen (secondary N) is 1. The van der Waals surface area contributed by atoms with Crippen molar-refractivity contribution >= 4 is 21.4 Å². The van der Waals surface area contributed by atoms with Gasteiger partial charge < -0.3 is 5.32 Å². The summed E-state index contributed by atoms with van der Waals surface area (Å²) in [4.78, 5) is 1.10. The van der Waals surface area contributed by atoms with Crippen LogP contribution in [0.5, 0.6) is 0 Å². The molecule has 0 saturated heterocycles. The number of likely N-dealkylation sites (N-methyl/N-ethyl adjacent to an activating group) is 1. The molecule has 1 N–H and O–H groups in total. The molecule has 1 aromatic rings. The predicted octanol–water partition coefficient (Wildman–Crippen LogP) is 2.32. The molecule has 0 unspecified atom stereocenters. The molecule has 19 heavy (non-hydrogen) atoms. The van der Waals surface area contributed by atoms with Gasteiger partial charge in [-0.15, -0.1) is 11.3 Å². The van der Waals surface area contributed by atoms with Gasteiger partial charge in [-0.2, -0.15) is 4.31 Å². The van der Waals surface area contributed by atoms with Crippen LogP contribution in [0.2, 0.25) is 0 Å². The quantitative estimate of drug-likeness (QED) is 0.802. The van der Waals surface area contributed by atoms with Gasteiger partial charge in [0, 0.05) is 17.5 Å². The lowest BCUT2D eigenvalue weighted by atomic mass is 10.3. The van der Waals surface area contributed by atoms with E-state index in [1.54, 1.807) is 10.4 Å². The Kier molecular flexibility index (Phi) is 6.46. The van der Waals surface area contributed by atoms with Crippen LogP contribution in [0.3, 0.4) is 0 Å². The molecule has 110 valence electrons. The minimum Gasteiger partial charge on any atom is -0.319 e. The van der Waals surface area contributed by atoms with Gasteiger partial charge in [-0.1, -0.05) is 6.92 Å². The number of thiophene rings is 1. The van der Waals surface area contributed by atoms with E-state index in [2.05, 4.69) is 5.32 Å². The third-order valence-electron chi connectivity index (χ3n) is 2.84. The average Bonchev–Trinajstić information content (AvgIpc) is 2.82. The van der Waals surface area contributed by atoms with Crippen molar-refractivity contribution in [3.8, 4) is 0 Å². The summed E-state index contributed by atoms with van der Waals surface area (Å²) in [6.45, 7) is 7.27. The number of hydrogen-bond acceptors (Lipinski definition) is 4. The van der Waals surface area contributed by atoms with Crippen molar-refractivity contribution < 1.29 is 8.42 Å². The molecule has 0 amide bonds. The standard InChI is InChI=1S/C13H24N2O2S2/c1-5-10-15(11(2)3)19(16,17)13-7-6-12(18-13)8-9-14-4/h6-7,11,14H,5,8-10H2,1-4H3. The van der Waals surface area contributed by atoms with Gasteiger partial charge in [0.05, 0.1) is 0 Å². The highest BCUT2D eigenvalue weighted by molar-refractivity contribution is 7.91. The Morgan fingerprint density at radius 1 is 1.37 bits per heavy atom. The Morgan fingerprint density at radius 2 is 2.05 bits per heavy atom. The molecule has 0 atom stereocenters. The Hall–Kier alpha value is -0.430. The second-order valence-electron chi connectivity index (χ2n) is 4.78. The first kappa shape index (κ1) is 16.6. The summed E-state index contributed by atoms with van der Waals surface area (Å²) in [6.07, 6.45) is 1.70. The third kappa shape index (κ3) is 4.27. The molecule has 1 rings (SSSR count). The molecule has 0 radical (unpaired) electrons. The molecule has 4 nitrogen and oxygen atoms in total. The average molecular weight is 304 g/mol. The second-order valence-corrected chi connectivity index (χ2v) is 8.07. The summed E-state index contributed by atoms with van der Waals surface area (Å²) in [5.74, 6) is 0. The van der Waals surface area contributed by atoms with Crippen LogP contribution in [0.4, 0.5) is 0 Å². The highest BCUT2D eigenvalue weighted by Crippen LogP contribution is 2.26. The van der Waals surface area contributed by atoms with Crippen molar-refractivity contribution in [3.05, 3.63) is 17.0 Å². The van der Waals surface area contributed by atoms with Gasteiger partial charge in [0.1, 0.15) is 4.21 Å². The molecule has 0 aliphatic rings. The van der Waals surface area contributed by atoms with Gasteiger partial charge in [0.15, 0.2) is 0 Å². The molecule has 0 aliphatic heterocycles. The Morgan fingerprint density at radius 3 is 2.58 bits per heavy atom. The molecule has 0 saturated carbocycles. The van der Waals surface area contributed by atoms with E-state index in [4.69, 9.17) is 0 Å². The highest BCUT2D eigenvalue weighted by atomic mass is 32.2. The molecular formula is C13H24N2O2S2. The van der Waals surface area contributed by atoms with Crippen molar-refractivity contribution in [1.29, 1.82) is 0 Å². The molecule has 1 aromatic heterocycles. The van der Waals surface area contributed by atoms with E-state index in [-0.39, 0.29) is 6.04 Å². The van der Waals surface area contributed by atoms with Crippen molar-refractivity contribution in [1.82, 2.24) is 9.62 Å². The fourth-order valence-corrected chi connectivity index (χ4v) is 5.08. The number of rotatable bonds is 8. The molecule has 0 aromatic carbocycles. The summed E-state index contributed by atoms with van der Waals surface area (Å²) >= 11 is 1.38. The lowest BCUT2D eigenvalue weighted by molar-refractivity contribution is 0.355. The summed E-state index contributed by atoms with van der Waals surface area (Å²) < 4.78 is 27.2. The molecular weight excluding hydrogens is 280 g/mol. The Labute approximate surface area is 120 Å². The smallest absolute Gasteiger partial charge is 0.252 e. The zero-order chi connectivity index (χ0) is 14.5. The van der Waals surface area contributed by atoms with Crippen LogP contribution in [0.1, 0.15) is 32.1 Å². The van der Waals surface area contributed by atoms with Gasteiger partial charge in [-0.3, -0.25) is 0 Å². The van der Waals surface area contributed by atoms with E-state index >= 15 is 0 Å². The van der Waals surface area contributed by atoms with E-state index in [1.165, 1.54) is 11.3 Å². The first-order chi connectivity index (χ1) is 8.93. The van der Waals surface area contributed by atoms with Gasteiger partial charge in [0.2, 0.25) is 0 Å². The molecule has 0 aliphatic carbocycles. The maximum Gasteiger partial charge on any atom is 0.252 e. The van der Waals surface area contributed by atoms with Crippen LogP contribution in [0, 0.1) is 0 Å². The highest BCUT2D eigenvalue weighted by Gasteiger charge is 2.27. The van der Waals surface area contributed by atoms with Gasteiger partial charge in [-0.05, 0) is 52.4 Å². The number of sulfonamides is 1. The van der Waals surface area contributed by atoms with Crippen molar-refractivity contribution in [2.45, 2.75) is 43.9 Å². The van der Waals surface area contributed by atoms with E-state index in [0.717, 1.165) is 24.3 Å². The summed E-state index contributed by atoms with van der Waals surface area (Å²) in [7, 11) is -1.44. The van der Waals surface area contributed by atoms with Crippen LogP contribution >= 0.6 is 11.3 Å². The molecule has 0 fully saturated rings. The van der Waals surface area contributed by atoms with Crippen LogP contribution in [-0.4, -0.2) is 38.9 Å². The van der Waals surface area contributed by atoms with Crippen molar-refractivity contribution in [3.63, 3.8) is 0 Å². The van der Waals surface area contributed by atoms with Crippen LogP contribution in [0.15, 0.2) is 16.3 Å². The zero-order valence-electron chi connectivity index (χ0n) is 12.1. The lowest BCUT2D eigenvalue weighted by Crippen LogP contribution is -2.37. The first-order valence-corrected chi connectivity index (χ1v) is 8.94. The van der Waals surface area contributed by atoms with Gasteiger partial charge >= 0.3 is 0 Å². The van der Waals surface area contributed by atoms with Gasteiger partial charge in [0.25, 0.3) is 10.0 Å². The van der Waals surface area contributed by atoms with E-state index < -0.39 is 10.0 Å². The minimum absolute atomic E-state index is 0.00666. The Bertz CT molecular complexity index is 481. The topological polar surface area (TPSA) is 49.4 Å². The molecule has 1 heterocycles. The minimum atomic E-state index is -3.34. The maximum atomic E-state index is 12.6. The van der Waals surface area contributed by atoms with Crippen molar-refractivity contribution in [2.75, 3.05) is 20.1 Å². The fourth-order valence-electron chi connectivity index (χ4n) is 1.87. The SMILES string of the molecule is CCCN(C(C)C)S(=O)(=O)c1ccc(CCNC)s1. The normalized spacial score (nSPS) is 12.5. The van der Waals surface area contributed by atoms with Gasteiger partial charge in [-0.25, -0.2) is 8.42 Å². The summed E-state index contributed by atoms with van der Waals surface area (Å²) in [5, 5.41) is 3.07. The number of hydrogen-bond donors (Lipinski definition) is 1. The van der Waals surface area contributed by atoms with Crippen LogP contribution in [-0.2, 0) is 16.4 Å². The third-order valence-corrected chi connectivity index (χ3v) is 6.53.